The third-order valence-corrected chi connectivity index (χ3v) is 3.73. The SMILES string of the molecule is Cc1ccc(C(=O)OCC(=O)Nc2cc(F)ccc2C)s1. The quantitative estimate of drug-likeness (QED) is 0.882. The Morgan fingerprint density at radius 2 is 2.00 bits per heavy atom. The standard InChI is InChI=1S/C15H14FNO3S/c1-9-3-5-11(16)7-12(9)17-14(18)8-20-15(19)13-6-4-10(2)21-13/h3-7H,8H2,1-2H3,(H,17,18). The van der Waals surface area contributed by atoms with E-state index in [0.29, 0.717) is 10.6 Å². The highest BCUT2D eigenvalue weighted by Gasteiger charge is 2.12. The molecule has 0 unspecified atom stereocenters. The molecule has 0 saturated carbocycles. The monoisotopic (exact) mass is 307 g/mol. The van der Waals surface area contributed by atoms with Crippen molar-refractivity contribution in [2.45, 2.75) is 13.8 Å². The van der Waals surface area contributed by atoms with Gasteiger partial charge in [0.25, 0.3) is 5.91 Å². The van der Waals surface area contributed by atoms with Crippen molar-refractivity contribution in [2.75, 3.05) is 11.9 Å². The molecule has 1 aromatic carbocycles. The molecule has 1 N–H and O–H groups in total. The lowest BCUT2D eigenvalue weighted by Gasteiger charge is -2.08. The number of hydrogen-bond donors (Lipinski definition) is 1. The molecule has 1 amide bonds. The molecular weight excluding hydrogens is 293 g/mol. The number of nitrogens with one attached hydrogen (secondary N) is 1. The van der Waals surface area contributed by atoms with Gasteiger partial charge in [-0.2, -0.15) is 0 Å². The maximum Gasteiger partial charge on any atom is 0.348 e. The van der Waals surface area contributed by atoms with Crippen molar-refractivity contribution in [1.82, 2.24) is 0 Å². The number of aryl methyl sites for hydroxylation is 2. The summed E-state index contributed by atoms with van der Waals surface area (Å²) in [5.41, 5.74) is 1.09. The summed E-state index contributed by atoms with van der Waals surface area (Å²) < 4.78 is 18.0. The summed E-state index contributed by atoms with van der Waals surface area (Å²) in [6.07, 6.45) is 0. The highest BCUT2D eigenvalue weighted by molar-refractivity contribution is 7.13. The molecule has 0 bridgehead atoms. The number of benzene rings is 1. The zero-order valence-corrected chi connectivity index (χ0v) is 12.4. The maximum absolute atomic E-state index is 13.1. The number of ether oxygens (including phenoxy) is 1. The molecule has 2 aromatic rings. The molecular formula is C15H14FNO3S. The Balaban J connectivity index is 1.90. The Bertz CT molecular complexity index is 681. The van der Waals surface area contributed by atoms with Gasteiger partial charge in [0.1, 0.15) is 10.7 Å². The van der Waals surface area contributed by atoms with E-state index < -0.39 is 24.3 Å². The van der Waals surface area contributed by atoms with Crippen molar-refractivity contribution in [2.24, 2.45) is 0 Å². The van der Waals surface area contributed by atoms with Gasteiger partial charge < -0.3 is 10.1 Å². The van der Waals surface area contributed by atoms with E-state index in [1.54, 1.807) is 25.1 Å². The predicted molar refractivity (Wildman–Crippen MR) is 79.1 cm³/mol. The van der Waals surface area contributed by atoms with Crippen LogP contribution in [0.25, 0.3) is 0 Å². The minimum atomic E-state index is -0.542. The van der Waals surface area contributed by atoms with Crippen LogP contribution in [0.1, 0.15) is 20.1 Å². The molecule has 4 nitrogen and oxygen atoms in total. The normalized spacial score (nSPS) is 10.2. The summed E-state index contributed by atoms with van der Waals surface area (Å²) >= 11 is 1.30. The van der Waals surface area contributed by atoms with E-state index in [9.17, 15) is 14.0 Å². The van der Waals surface area contributed by atoms with Gasteiger partial charge in [0, 0.05) is 10.6 Å². The van der Waals surface area contributed by atoms with E-state index in [-0.39, 0.29) is 0 Å². The van der Waals surface area contributed by atoms with Crippen LogP contribution < -0.4 is 5.32 Å². The average Bonchev–Trinajstić information content (AvgIpc) is 2.87. The number of anilines is 1. The zero-order valence-electron chi connectivity index (χ0n) is 11.6. The van der Waals surface area contributed by atoms with E-state index in [4.69, 9.17) is 4.74 Å². The van der Waals surface area contributed by atoms with Crippen LogP contribution in [0.2, 0.25) is 0 Å². The van der Waals surface area contributed by atoms with E-state index >= 15 is 0 Å². The van der Waals surface area contributed by atoms with Crippen LogP contribution in [0, 0.1) is 19.7 Å². The maximum atomic E-state index is 13.1. The van der Waals surface area contributed by atoms with Crippen LogP contribution in [-0.2, 0) is 9.53 Å². The molecule has 0 atom stereocenters. The fourth-order valence-electron chi connectivity index (χ4n) is 1.66. The van der Waals surface area contributed by atoms with Crippen LogP contribution in [0.3, 0.4) is 0 Å². The Hall–Kier alpha value is -2.21. The number of halogens is 1. The minimum Gasteiger partial charge on any atom is -0.451 e. The summed E-state index contributed by atoms with van der Waals surface area (Å²) in [6, 6.07) is 7.54. The second-order valence-electron chi connectivity index (χ2n) is 4.49. The molecule has 1 heterocycles. The third-order valence-electron chi connectivity index (χ3n) is 2.75. The summed E-state index contributed by atoms with van der Waals surface area (Å²) in [7, 11) is 0. The molecule has 0 aliphatic carbocycles. The highest BCUT2D eigenvalue weighted by Crippen LogP contribution is 2.17. The van der Waals surface area contributed by atoms with Crippen molar-refractivity contribution in [3.8, 4) is 0 Å². The van der Waals surface area contributed by atoms with E-state index in [0.717, 1.165) is 10.4 Å². The first-order valence-corrected chi connectivity index (χ1v) is 7.07. The smallest absolute Gasteiger partial charge is 0.348 e. The number of esters is 1. The Kier molecular flexibility index (Phi) is 4.70. The third kappa shape index (κ3) is 4.13. The molecule has 0 aliphatic rings. The zero-order chi connectivity index (χ0) is 15.4. The van der Waals surface area contributed by atoms with Gasteiger partial charge in [-0.3, -0.25) is 4.79 Å². The van der Waals surface area contributed by atoms with Gasteiger partial charge in [-0.15, -0.1) is 11.3 Å². The van der Waals surface area contributed by atoms with E-state index in [1.165, 1.54) is 23.5 Å². The number of hydrogen-bond acceptors (Lipinski definition) is 4. The van der Waals surface area contributed by atoms with Gasteiger partial charge in [0.15, 0.2) is 6.61 Å². The summed E-state index contributed by atoms with van der Waals surface area (Å²) in [6.45, 7) is 3.21. The molecule has 0 radical (unpaired) electrons. The van der Waals surface area contributed by atoms with Crippen LogP contribution in [0.15, 0.2) is 30.3 Å². The molecule has 0 fully saturated rings. The lowest BCUT2D eigenvalue weighted by Crippen LogP contribution is -2.21. The first-order chi connectivity index (χ1) is 9.95. The lowest BCUT2D eigenvalue weighted by molar-refractivity contribution is -0.119. The number of carbonyl (C=O) groups is 2. The van der Waals surface area contributed by atoms with E-state index in [2.05, 4.69) is 5.32 Å². The molecule has 1 aromatic heterocycles. The van der Waals surface area contributed by atoms with Gasteiger partial charge in [-0.05, 0) is 43.7 Å². The summed E-state index contributed by atoms with van der Waals surface area (Å²) in [5, 5.41) is 2.51. The van der Waals surface area contributed by atoms with Crippen LogP contribution >= 0.6 is 11.3 Å². The van der Waals surface area contributed by atoms with Crippen LogP contribution in [-0.4, -0.2) is 18.5 Å². The van der Waals surface area contributed by atoms with E-state index in [1.807, 2.05) is 6.92 Å². The highest BCUT2D eigenvalue weighted by atomic mass is 32.1. The van der Waals surface area contributed by atoms with Crippen molar-refractivity contribution in [3.63, 3.8) is 0 Å². The van der Waals surface area contributed by atoms with Crippen molar-refractivity contribution in [3.05, 3.63) is 51.5 Å². The van der Waals surface area contributed by atoms with Crippen LogP contribution in [0.5, 0.6) is 0 Å². The van der Waals surface area contributed by atoms with Gasteiger partial charge >= 0.3 is 5.97 Å². The lowest BCUT2D eigenvalue weighted by atomic mass is 10.2. The second kappa shape index (κ2) is 6.49. The fraction of sp³-hybridized carbons (Fsp3) is 0.200. The molecule has 0 spiro atoms. The van der Waals surface area contributed by atoms with Gasteiger partial charge in [0.2, 0.25) is 0 Å². The number of amides is 1. The van der Waals surface area contributed by atoms with Gasteiger partial charge in [-0.1, -0.05) is 6.07 Å². The molecule has 0 aliphatic heterocycles. The summed E-state index contributed by atoms with van der Waals surface area (Å²) in [4.78, 5) is 24.8. The summed E-state index contributed by atoms with van der Waals surface area (Å²) in [5.74, 6) is -1.49. The van der Waals surface area contributed by atoms with Crippen molar-refractivity contribution < 1.29 is 18.7 Å². The second-order valence-corrected chi connectivity index (χ2v) is 5.78. The molecule has 6 heteroatoms. The average molecular weight is 307 g/mol. The Morgan fingerprint density at radius 3 is 2.67 bits per heavy atom. The van der Waals surface area contributed by atoms with Crippen molar-refractivity contribution in [1.29, 1.82) is 0 Å². The topological polar surface area (TPSA) is 55.4 Å². The predicted octanol–water partition coefficient (Wildman–Crippen LogP) is 3.30. The number of rotatable bonds is 4. The Labute approximate surface area is 125 Å². The first kappa shape index (κ1) is 15.2. The van der Waals surface area contributed by atoms with Crippen molar-refractivity contribution >= 4 is 28.9 Å². The number of thiophene rings is 1. The fourth-order valence-corrected chi connectivity index (χ4v) is 2.42. The molecule has 110 valence electrons. The Morgan fingerprint density at radius 1 is 1.24 bits per heavy atom. The molecule has 21 heavy (non-hydrogen) atoms. The largest absolute Gasteiger partial charge is 0.451 e. The van der Waals surface area contributed by atoms with Gasteiger partial charge in [-0.25, -0.2) is 9.18 Å². The van der Waals surface area contributed by atoms with Crippen LogP contribution in [0.4, 0.5) is 10.1 Å². The molecule has 2 rings (SSSR count). The number of carbonyl (C=O) groups excluding carboxylic acids is 2. The van der Waals surface area contributed by atoms with Gasteiger partial charge in [0.05, 0.1) is 0 Å². The first-order valence-electron chi connectivity index (χ1n) is 6.25. The molecule has 0 saturated heterocycles. The minimum absolute atomic E-state index is 0.364.